The van der Waals surface area contributed by atoms with E-state index in [0.29, 0.717) is 37.3 Å². The molecule has 1 aliphatic heterocycles. The van der Waals surface area contributed by atoms with Gasteiger partial charge in [0.1, 0.15) is 0 Å². The van der Waals surface area contributed by atoms with E-state index in [0.717, 1.165) is 12.8 Å². The molecule has 0 bridgehead atoms. The third-order valence-corrected chi connectivity index (χ3v) is 4.17. The normalized spacial score (nSPS) is 17.2. The van der Waals surface area contributed by atoms with Gasteiger partial charge in [-0.3, -0.25) is 14.4 Å². The number of likely N-dealkylation sites (tertiary alicyclic amines) is 1. The molecule has 0 aromatic heterocycles. The molecule has 2 rings (SSSR count). The van der Waals surface area contributed by atoms with Gasteiger partial charge in [0.25, 0.3) is 5.91 Å². The number of anilines is 1. The highest BCUT2D eigenvalue weighted by molar-refractivity contribution is 5.96. The minimum atomic E-state index is -0.134. The van der Waals surface area contributed by atoms with Crippen molar-refractivity contribution in [3.8, 4) is 0 Å². The molecule has 6 nitrogen and oxygen atoms in total. The molecule has 24 heavy (non-hydrogen) atoms. The minimum Gasteiger partial charge on any atom is -0.356 e. The molecule has 1 aliphatic rings. The molecule has 6 heteroatoms. The van der Waals surface area contributed by atoms with Crippen molar-refractivity contribution in [1.82, 2.24) is 10.2 Å². The zero-order chi connectivity index (χ0) is 17.5. The van der Waals surface area contributed by atoms with Crippen LogP contribution in [0.3, 0.4) is 0 Å². The molecule has 1 heterocycles. The molecule has 3 amide bonds. The Kier molecular flexibility index (Phi) is 6.35. The fourth-order valence-corrected chi connectivity index (χ4v) is 2.82. The van der Waals surface area contributed by atoms with Crippen LogP contribution in [-0.2, 0) is 9.59 Å². The second-order valence-corrected chi connectivity index (χ2v) is 5.96. The fourth-order valence-electron chi connectivity index (χ4n) is 2.82. The van der Waals surface area contributed by atoms with Crippen LogP contribution in [-0.4, -0.2) is 42.3 Å². The van der Waals surface area contributed by atoms with Crippen molar-refractivity contribution in [2.45, 2.75) is 33.1 Å². The van der Waals surface area contributed by atoms with Gasteiger partial charge in [-0.25, -0.2) is 0 Å². The Morgan fingerprint density at radius 1 is 1.17 bits per heavy atom. The van der Waals surface area contributed by atoms with Gasteiger partial charge in [-0.2, -0.15) is 0 Å². The van der Waals surface area contributed by atoms with Crippen molar-refractivity contribution in [2.24, 2.45) is 5.92 Å². The van der Waals surface area contributed by atoms with Gasteiger partial charge in [0, 0.05) is 37.3 Å². The number of piperidine rings is 1. The van der Waals surface area contributed by atoms with Crippen molar-refractivity contribution in [2.75, 3.05) is 25.0 Å². The first-order valence-electron chi connectivity index (χ1n) is 8.52. The molecular weight excluding hydrogens is 306 g/mol. The van der Waals surface area contributed by atoms with Crippen LogP contribution in [0.1, 0.15) is 43.5 Å². The fraction of sp³-hybridized carbons (Fsp3) is 0.500. The number of nitrogens with one attached hydrogen (secondary N) is 2. The first-order chi connectivity index (χ1) is 11.5. The zero-order valence-corrected chi connectivity index (χ0v) is 14.3. The van der Waals surface area contributed by atoms with E-state index < -0.39 is 0 Å². The van der Waals surface area contributed by atoms with Crippen molar-refractivity contribution in [3.05, 3.63) is 29.8 Å². The van der Waals surface area contributed by atoms with E-state index in [2.05, 4.69) is 10.6 Å². The zero-order valence-electron chi connectivity index (χ0n) is 14.3. The molecule has 1 aromatic rings. The van der Waals surface area contributed by atoms with Crippen LogP contribution >= 0.6 is 0 Å². The van der Waals surface area contributed by atoms with Gasteiger partial charge < -0.3 is 15.5 Å². The molecule has 130 valence electrons. The number of hydrogen-bond donors (Lipinski definition) is 2. The Hall–Kier alpha value is -2.37. The lowest BCUT2D eigenvalue weighted by Crippen LogP contribution is -2.45. The van der Waals surface area contributed by atoms with Gasteiger partial charge in [0.15, 0.2) is 0 Å². The molecule has 1 unspecified atom stereocenters. The van der Waals surface area contributed by atoms with E-state index in [1.807, 2.05) is 6.92 Å². The predicted molar refractivity (Wildman–Crippen MR) is 92.7 cm³/mol. The number of carbonyl (C=O) groups excluding carboxylic acids is 3. The summed E-state index contributed by atoms with van der Waals surface area (Å²) >= 11 is 0. The molecule has 1 saturated heterocycles. The molecule has 0 saturated carbocycles. The lowest BCUT2D eigenvalue weighted by Gasteiger charge is -2.32. The maximum atomic E-state index is 12.6. The quantitative estimate of drug-likeness (QED) is 0.866. The molecule has 0 aliphatic carbocycles. The largest absolute Gasteiger partial charge is 0.356 e. The first kappa shape index (κ1) is 18.0. The summed E-state index contributed by atoms with van der Waals surface area (Å²) in [4.78, 5) is 37.7. The molecule has 0 spiro atoms. The number of nitrogens with zero attached hydrogens (tertiary/aromatic N) is 1. The highest BCUT2D eigenvalue weighted by atomic mass is 16.2. The van der Waals surface area contributed by atoms with Crippen molar-refractivity contribution >= 4 is 23.4 Å². The first-order valence-corrected chi connectivity index (χ1v) is 8.52. The van der Waals surface area contributed by atoms with Crippen LogP contribution in [0.2, 0.25) is 0 Å². The van der Waals surface area contributed by atoms with Gasteiger partial charge in [-0.1, -0.05) is 6.92 Å². The van der Waals surface area contributed by atoms with Gasteiger partial charge in [0.05, 0.1) is 5.92 Å². The second kappa shape index (κ2) is 8.47. The number of benzene rings is 1. The number of amides is 3. The topological polar surface area (TPSA) is 78.5 Å². The highest BCUT2D eigenvalue weighted by Crippen LogP contribution is 2.20. The van der Waals surface area contributed by atoms with E-state index in [1.54, 1.807) is 36.1 Å². The van der Waals surface area contributed by atoms with E-state index >= 15 is 0 Å². The Balaban J connectivity index is 2.00. The number of carbonyl (C=O) groups is 3. The Morgan fingerprint density at radius 2 is 1.88 bits per heavy atom. The Morgan fingerprint density at radius 3 is 2.50 bits per heavy atom. The Labute approximate surface area is 142 Å². The smallest absolute Gasteiger partial charge is 0.253 e. The van der Waals surface area contributed by atoms with Gasteiger partial charge in [0.2, 0.25) is 11.8 Å². The summed E-state index contributed by atoms with van der Waals surface area (Å²) in [6.45, 7) is 5.41. The number of hydrogen-bond acceptors (Lipinski definition) is 3. The second-order valence-electron chi connectivity index (χ2n) is 5.96. The molecule has 2 N–H and O–H groups in total. The van der Waals surface area contributed by atoms with Crippen molar-refractivity contribution in [1.29, 1.82) is 0 Å². The highest BCUT2D eigenvalue weighted by Gasteiger charge is 2.28. The van der Waals surface area contributed by atoms with Gasteiger partial charge >= 0.3 is 0 Å². The van der Waals surface area contributed by atoms with Crippen molar-refractivity contribution < 1.29 is 14.4 Å². The van der Waals surface area contributed by atoms with Gasteiger partial charge in [-0.05, 0) is 44.0 Å². The van der Waals surface area contributed by atoms with E-state index in [4.69, 9.17) is 0 Å². The van der Waals surface area contributed by atoms with E-state index in [-0.39, 0.29) is 23.6 Å². The van der Waals surface area contributed by atoms with Crippen LogP contribution in [0.15, 0.2) is 24.3 Å². The summed E-state index contributed by atoms with van der Waals surface area (Å²) in [5.74, 6) is -0.245. The minimum absolute atomic E-state index is 0.0209. The lowest BCUT2D eigenvalue weighted by atomic mass is 9.96. The van der Waals surface area contributed by atoms with E-state index in [9.17, 15) is 14.4 Å². The van der Waals surface area contributed by atoms with Crippen LogP contribution < -0.4 is 10.6 Å². The third kappa shape index (κ3) is 4.57. The summed E-state index contributed by atoms with van der Waals surface area (Å²) in [5.41, 5.74) is 1.25. The summed E-state index contributed by atoms with van der Waals surface area (Å²) in [6, 6.07) is 6.88. The number of rotatable bonds is 5. The summed E-state index contributed by atoms with van der Waals surface area (Å²) < 4.78 is 0. The standard InChI is InChI=1S/C18H25N3O3/c1-3-16(22)20-15-9-7-13(8-10-15)18(24)21-11-5-6-14(12-21)17(23)19-4-2/h7-10,14H,3-6,11-12H2,1-2H3,(H,19,23)(H,20,22). The lowest BCUT2D eigenvalue weighted by molar-refractivity contribution is -0.126. The average molecular weight is 331 g/mol. The van der Waals surface area contributed by atoms with Crippen LogP contribution in [0.4, 0.5) is 5.69 Å². The molecule has 0 radical (unpaired) electrons. The average Bonchev–Trinajstić information content (AvgIpc) is 2.62. The monoisotopic (exact) mass is 331 g/mol. The van der Waals surface area contributed by atoms with E-state index in [1.165, 1.54) is 0 Å². The molecule has 1 aromatic carbocycles. The third-order valence-electron chi connectivity index (χ3n) is 4.17. The van der Waals surface area contributed by atoms with Gasteiger partial charge in [-0.15, -0.1) is 0 Å². The molecular formula is C18H25N3O3. The summed E-state index contributed by atoms with van der Waals surface area (Å²) in [5, 5.41) is 5.59. The molecule has 1 fully saturated rings. The van der Waals surface area contributed by atoms with Crippen LogP contribution in [0, 0.1) is 5.92 Å². The predicted octanol–water partition coefficient (Wildman–Crippen LogP) is 2.02. The maximum absolute atomic E-state index is 12.6. The van der Waals surface area contributed by atoms with Crippen molar-refractivity contribution in [3.63, 3.8) is 0 Å². The van der Waals surface area contributed by atoms with Crippen LogP contribution in [0.25, 0.3) is 0 Å². The summed E-state index contributed by atoms with van der Waals surface area (Å²) in [6.07, 6.45) is 2.06. The Bertz CT molecular complexity index is 598. The summed E-state index contributed by atoms with van der Waals surface area (Å²) in [7, 11) is 0. The van der Waals surface area contributed by atoms with Crippen LogP contribution in [0.5, 0.6) is 0 Å². The molecule has 1 atom stereocenters. The maximum Gasteiger partial charge on any atom is 0.253 e. The SMILES string of the molecule is CCNC(=O)C1CCCN(C(=O)c2ccc(NC(=O)CC)cc2)C1.